The van der Waals surface area contributed by atoms with Crippen LogP contribution in [0.2, 0.25) is 0 Å². The van der Waals surface area contributed by atoms with Crippen molar-refractivity contribution >= 4 is 17.2 Å². The van der Waals surface area contributed by atoms with Gasteiger partial charge in [0.15, 0.2) is 0 Å². The van der Waals surface area contributed by atoms with E-state index in [2.05, 4.69) is 47.5 Å². The van der Waals surface area contributed by atoms with Gasteiger partial charge < -0.3 is 5.32 Å². The molecule has 0 atom stereocenters. The zero-order valence-corrected chi connectivity index (χ0v) is 15.1. The van der Waals surface area contributed by atoms with Crippen molar-refractivity contribution < 1.29 is 4.79 Å². The Hall–Kier alpha value is -1.65. The standard InChI is InChI=1S/C20H26N2OS/c1-2-6-19-13-17(15-24-19)20(23)21-18-9-11-22(12-10-18)14-16-7-4-3-5-8-16/h3-5,7-8,13,15,18H,2,6,9-12,14H2,1H3,(H,21,23). The molecule has 1 aromatic carbocycles. The molecular formula is C20H26N2OS. The lowest BCUT2D eigenvalue weighted by Gasteiger charge is -2.32. The molecule has 0 radical (unpaired) electrons. The smallest absolute Gasteiger partial charge is 0.252 e. The molecule has 3 nitrogen and oxygen atoms in total. The van der Waals surface area contributed by atoms with Gasteiger partial charge in [0, 0.05) is 35.9 Å². The number of benzene rings is 1. The first kappa shape index (κ1) is 17.2. The Bertz CT molecular complexity index is 645. The molecular weight excluding hydrogens is 316 g/mol. The van der Waals surface area contributed by atoms with Gasteiger partial charge in [0.05, 0.1) is 5.56 Å². The Morgan fingerprint density at radius 2 is 2.00 bits per heavy atom. The SMILES string of the molecule is CCCc1cc(C(=O)NC2CCN(Cc3ccccc3)CC2)cs1. The van der Waals surface area contributed by atoms with Crippen LogP contribution in [0.1, 0.15) is 47.0 Å². The fourth-order valence-electron chi connectivity index (χ4n) is 3.22. The number of amides is 1. The topological polar surface area (TPSA) is 32.3 Å². The van der Waals surface area contributed by atoms with Gasteiger partial charge >= 0.3 is 0 Å². The Balaban J connectivity index is 1.45. The van der Waals surface area contributed by atoms with Crippen LogP contribution in [0.4, 0.5) is 0 Å². The number of carbonyl (C=O) groups excluding carboxylic acids is 1. The average Bonchev–Trinajstić information content (AvgIpc) is 3.07. The fraction of sp³-hybridized carbons (Fsp3) is 0.450. The van der Waals surface area contributed by atoms with Crippen LogP contribution in [0.5, 0.6) is 0 Å². The average molecular weight is 343 g/mol. The molecule has 2 heterocycles. The summed E-state index contributed by atoms with van der Waals surface area (Å²) in [6.07, 6.45) is 4.26. The summed E-state index contributed by atoms with van der Waals surface area (Å²) in [6, 6.07) is 13.0. The number of nitrogens with one attached hydrogen (secondary N) is 1. The molecule has 128 valence electrons. The van der Waals surface area contributed by atoms with Crippen molar-refractivity contribution in [1.82, 2.24) is 10.2 Å². The highest BCUT2D eigenvalue weighted by atomic mass is 32.1. The van der Waals surface area contributed by atoms with Gasteiger partial charge in [-0.1, -0.05) is 43.7 Å². The third-order valence-corrected chi connectivity index (χ3v) is 5.58. The normalized spacial score (nSPS) is 16.2. The Morgan fingerprint density at radius 3 is 2.71 bits per heavy atom. The summed E-state index contributed by atoms with van der Waals surface area (Å²) in [5.74, 6) is 0.0927. The maximum absolute atomic E-state index is 12.4. The molecule has 1 N–H and O–H groups in total. The second-order valence-electron chi connectivity index (χ2n) is 6.56. The molecule has 4 heteroatoms. The van der Waals surface area contributed by atoms with Crippen molar-refractivity contribution in [2.45, 2.75) is 45.2 Å². The molecule has 1 amide bonds. The predicted molar refractivity (Wildman–Crippen MR) is 101 cm³/mol. The zero-order chi connectivity index (χ0) is 16.8. The number of hydrogen-bond acceptors (Lipinski definition) is 3. The summed E-state index contributed by atoms with van der Waals surface area (Å²) in [7, 11) is 0. The van der Waals surface area contributed by atoms with Crippen LogP contribution in [0.15, 0.2) is 41.8 Å². The van der Waals surface area contributed by atoms with Crippen LogP contribution in [0.3, 0.4) is 0 Å². The Morgan fingerprint density at radius 1 is 1.25 bits per heavy atom. The van der Waals surface area contributed by atoms with E-state index < -0.39 is 0 Å². The van der Waals surface area contributed by atoms with E-state index >= 15 is 0 Å². The summed E-state index contributed by atoms with van der Waals surface area (Å²) in [5, 5.41) is 5.21. The Kier molecular flexibility index (Phi) is 6.05. The minimum absolute atomic E-state index is 0.0927. The van der Waals surface area contributed by atoms with Gasteiger partial charge in [-0.2, -0.15) is 0 Å². The lowest BCUT2D eigenvalue weighted by Crippen LogP contribution is -2.44. The van der Waals surface area contributed by atoms with Crippen molar-refractivity contribution in [3.05, 3.63) is 57.8 Å². The van der Waals surface area contributed by atoms with E-state index in [1.165, 1.54) is 10.4 Å². The molecule has 3 rings (SSSR count). The van der Waals surface area contributed by atoms with Gasteiger partial charge in [-0.3, -0.25) is 9.69 Å². The number of thiophene rings is 1. The van der Waals surface area contributed by atoms with Gasteiger partial charge in [-0.25, -0.2) is 0 Å². The van der Waals surface area contributed by atoms with Gasteiger partial charge in [0.1, 0.15) is 0 Å². The highest BCUT2D eigenvalue weighted by Crippen LogP contribution is 2.18. The molecule has 24 heavy (non-hydrogen) atoms. The molecule has 0 bridgehead atoms. The Labute approximate surface area is 148 Å². The summed E-state index contributed by atoms with van der Waals surface area (Å²) < 4.78 is 0. The minimum atomic E-state index is 0.0927. The molecule has 0 saturated carbocycles. The molecule has 1 fully saturated rings. The van der Waals surface area contributed by atoms with Crippen LogP contribution in [-0.2, 0) is 13.0 Å². The van der Waals surface area contributed by atoms with Gasteiger partial charge in [0.25, 0.3) is 5.91 Å². The molecule has 1 aliphatic heterocycles. The van der Waals surface area contributed by atoms with E-state index in [9.17, 15) is 4.79 Å². The number of carbonyl (C=O) groups is 1. The third-order valence-electron chi connectivity index (χ3n) is 4.58. The van der Waals surface area contributed by atoms with E-state index in [1.807, 2.05) is 11.4 Å². The molecule has 0 aliphatic carbocycles. The van der Waals surface area contributed by atoms with Crippen LogP contribution in [0.25, 0.3) is 0 Å². The van der Waals surface area contributed by atoms with E-state index in [0.29, 0.717) is 6.04 Å². The van der Waals surface area contributed by atoms with Gasteiger partial charge in [0.2, 0.25) is 0 Å². The number of nitrogens with zero attached hydrogens (tertiary/aromatic N) is 1. The number of likely N-dealkylation sites (tertiary alicyclic amines) is 1. The number of piperidine rings is 1. The lowest BCUT2D eigenvalue weighted by atomic mass is 10.0. The highest BCUT2D eigenvalue weighted by Gasteiger charge is 2.21. The van der Waals surface area contributed by atoms with Crippen molar-refractivity contribution in [3.63, 3.8) is 0 Å². The van der Waals surface area contributed by atoms with Crippen molar-refractivity contribution in [2.24, 2.45) is 0 Å². The maximum Gasteiger partial charge on any atom is 0.252 e. The molecule has 0 spiro atoms. The molecule has 1 aromatic heterocycles. The van der Waals surface area contributed by atoms with Crippen molar-refractivity contribution in [3.8, 4) is 0 Å². The van der Waals surface area contributed by atoms with E-state index in [-0.39, 0.29) is 5.91 Å². The van der Waals surface area contributed by atoms with E-state index in [1.54, 1.807) is 11.3 Å². The molecule has 1 saturated heterocycles. The maximum atomic E-state index is 12.4. The molecule has 1 aliphatic rings. The summed E-state index contributed by atoms with van der Waals surface area (Å²) in [5.41, 5.74) is 2.19. The summed E-state index contributed by atoms with van der Waals surface area (Å²) in [4.78, 5) is 16.2. The predicted octanol–water partition coefficient (Wildman–Crippen LogP) is 4.10. The zero-order valence-electron chi connectivity index (χ0n) is 14.3. The van der Waals surface area contributed by atoms with Crippen LogP contribution >= 0.6 is 11.3 Å². The second kappa shape index (κ2) is 8.45. The number of rotatable bonds is 6. The first-order valence-electron chi connectivity index (χ1n) is 8.89. The van der Waals surface area contributed by atoms with E-state index in [0.717, 1.165) is 50.9 Å². The van der Waals surface area contributed by atoms with E-state index in [4.69, 9.17) is 0 Å². The van der Waals surface area contributed by atoms with Crippen molar-refractivity contribution in [1.29, 1.82) is 0 Å². The first-order chi connectivity index (χ1) is 11.7. The summed E-state index contributed by atoms with van der Waals surface area (Å²) >= 11 is 1.70. The molecule has 0 unspecified atom stereocenters. The summed E-state index contributed by atoms with van der Waals surface area (Å²) in [6.45, 7) is 5.27. The second-order valence-corrected chi connectivity index (χ2v) is 7.56. The number of hydrogen-bond donors (Lipinski definition) is 1. The quantitative estimate of drug-likeness (QED) is 0.857. The molecule has 2 aromatic rings. The van der Waals surface area contributed by atoms with Crippen molar-refractivity contribution in [2.75, 3.05) is 13.1 Å². The fourth-order valence-corrected chi connectivity index (χ4v) is 4.19. The third kappa shape index (κ3) is 4.68. The number of aryl methyl sites for hydroxylation is 1. The van der Waals surface area contributed by atoms with Crippen LogP contribution < -0.4 is 5.32 Å². The van der Waals surface area contributed by atoms with Gasteiger partial charge in [-0.05, 0) is 30.9 Å². The lowest BCUT2D eigenvalue weighted by molar-refractivity contribution is 0.0909. The first-order valence-corrected chi connectivity index (χ1v) is 9.77. The monoisotopic (exact) mass is 342 g/mol. The highest BCUT2D eigenvalue weighted by molar-refractivity contribution is 7.10. The van der Waals surface area contributed by atoms with Crippen LogP contribution in [0, 0.1) is 0 Å². The van der Waals surface area contributed by atoms with Crippen LogP contribution in [-0.4, -0.2) is 29.9 Å². The largest absolute Gasteiger partial charge is 0.349 e. The van der Waals surface area contributed by atoms with Gasteiger partial charge in [-0.15, -0.1) is 11.3 Å². The minimum Gasteiger partial charge on any atom is -0.349 e.